The number of carbonyl (C=O) groups excluding carboxylic acids is 1. The molecule has 0 radical (unpaired) electrons. The van der Waals surface area contributed by atoms with Gasteiger partial charge in [-0.1, -0.05) is 26.8 Å². The SMILES string of the molecule is CC(C)(C)c1cc2cc(NC(=O)C3(c4ccc5c(c4)OCO5)CC3)ccc2n1CC(CO)CO.[HH]. The van der Waals surface area contributed by atoms with E-state index < -0.39 is 5.41 Å². The second-order valence-corrected chi connectivity index (χ2v) is 10.5. The molecule has 1 aliphatic carbocycles. The molecular formula is C27H34N2O5. The lowest BCUT2D eigenvalue weighted by molar-refractivity contribution is -0.118. The Morgan fingerprint density at radius 1 is 1.09 bits per heavy atom. The normalized spacial score (nSPS) is 16.3. The monoisotopic (exact) mass is 466 g/mol. The molecule has 1 aromatic heterocycles. The van der Waals surface area contributed by atoms with Crippen LogP contribution >= 0.6 is 0 Å². The summed E-state index contributed by atoms with van der Waals surface area (Å²) in [5.41, 5.74) is 3.20. The van der Waals surface area contributed by atoms with Gasteiger partial charge in [-0.2, -0.15) is 0 Å². The van der Waals surface area contributed by atoms with E-state index in [0.717, 1.165) is 40.7 Å². The van der Waals surface area contributed by atoms with Crippen LogP contribution in [0.1, 0.15) is 46.3 Å². The van der Waals surface area contributed by atoms with Gasteiger partial charge in [0, 0.05) is 54.8 Å². The molecule has 2 heterocycles. The Morgan fingerprint density at radius 3 is 2.50 bits per heavy atom. The molecule has 2 aliphatic rings. The van der Waals surface area contributed by atoms with Crippen LogP contribution in [0.2, 0.25) is 0 Å². The van der Waals surface area contributed by atoms with Crippen molar-refractivity contribution in [1.29, 1.82) is 0 Å². The van der Waals surface area contributed by atoms with Crippen molar-refractivity contribution < 1.29 is 25.9 Å². The first-order valence-corrected chi connectivity index (χ1v) is 11.8. The number of rotatable bonds is 7. The Hall–Kier alpha value is -3.03. The van der Waals surface area contributed by atoms with E-state index in [-0.39, 0.29) is 38.7 Å². The third-order valence-corrected chi connectivity index (χ3v) is 6.99. The maximum Gasteiger partial charge on any atom is 0.235 e. The maximum atomic E-state index is 13.3. The van der Waals surface area contributed by atoms with Crippen LogP contribution in [-0.4, -0.2) is 40.7 Å². The summed E-state index contributed by atoms with van der Waals surface area (Å²) < 4.78 is 13.1. The predicted molar refractivity (Wildman–Crippen MR) is 133 cm³/mol. The van der Waals surface area contributed by atoms with Gasteiger partial charge in [-0.25, -0.2) is 0 Å². The third-order valence-electron chi connectivity index (χ3n) is 6.99. The number of ether oxygens (including phenoxy) is 2. The van der Waals surface area contributed by atoms with Gasteiger partial charge >= 0.3 is 0 Å². The Labute approximate surface area is 200 Å². The lowest BCUT2D eigenvalue weighted by Crippen LogP contribution is -2.27. The minimum Gasteiger partial charge on any atom is -0.454 e. The van der Waals surface area contributed by atoms with Crippen molar-refractivity contribution >= 4 is 22.5 Å². The zero-order valence-corrected chi connectivity index (χ0v) is 19.9. The molecule has 0 atom stereocenters. The van der Waals surface area contributed by atoms with Crippen LogP contribution in [0.5, 0.6) is 11.5 Å². The van der Waals surface area contributed by atoms with Gasteiger partial charge in [0.25, 0.3) is 0 Å². The first kappa shape index (κ1) is 22.7. The van der Waals surface area contributed by atoms with Gasteiger partial charge in [0.05, 0.1) is 5.41 Å². The summed E-state index contributed by atoms with van der Waals surface area (Å²) in [6, 6.07) is 13.8. The highest BCUT2D eigenvalue weighted by atomic mass is 16.7. The molecule has 2 aromatic carbocycles. The summed E-state index contributed by atoms with van der Waals surface area (Å²) in [4.78, 5) is 13.3. The van der Waals surface area contributed by atoms with Gasteiger partial charge in [0.1, 0.15) is 0 Å². The van der Waals surface area contributed by atoms with Gasteiger partial charge < -0.3 is 29.6 Å². The summed E-state index contributed by atoms with van der Waals surface area (Å²) in [5.74, 6) is 1.17. The first-order valence-electron chi connectivity index (χ1n) is 11.8. The van der Waals surface area contributed by atoms with E-state index in [1.54, 1.807) is 0 Å². The molecule has 5 rings (SSSR count). The Bertz CT molecular complexity index is 1240. The molecule has 34 heavy (non-hydrogen) atoms. The molecule has 0 unspecified atom stereocenters. The summed E-state index contributed by atoms with van der Waals surface area (Å²) in [6.45, 7) is 7.04. The first-order chi connectivity index (χ1) is 16.2. The molecular weight excluding hydrogens is 432 g/mol. The molecule has 3 N–H and O–H groups in total. The van der Waals surface area contributed by atoms with Crippen molar-refractivity contribution in [3.05, 3.63) is 53.7 Å². The fourth-order valence-electron chi connectivity index (χ4n) is 4.81. The molecule has 3 aromatic rings. The minimum absolute atomic E-state index is 0. The van der Waals surface area contributed by atoms with E-state index in [4.69, 9.17) is 9.47 Å². The number of hydrogen-bond donors (Lipinski definition) is 3. The van der Waals surface area contributed by atoms with Crippen LogP contribution in [-0.2, 0) is 22.2 Å². The molecule has 7 nitrogen and oxygen atoms in total. The van der Waals surface area contributed by atoms with Crippen molar-refractivity contribution in [2.75, 3.05) is 25.3 Å². The van der Waals surface area contributed by atoms with E-state index in [0.29, 0.717) is 18.0 Å². The number of aliphatic hydroxyl groups excluding tert-OH is 2. The molecule has 0 saturated heterocycles. The number of fused-ring (bicyclic) bond motifs is 2. The lowest BCUT2D eigenvalue weighted by Gasteiger charge is -2.24. The summed E-state index contributed by atoms with van der Waals surface area (Å²) >= 11 is 0. The number of aliphatic hydroxyl groups is 2. The van der Waals surface area contributed by atoms with E-state index >= 15 is 0 Å². The van der Waals surface area contributed by atoms with Crippen molar-refractivity contribution in [1.82, 2.24) is 4.57 Å². The Kier molecular flexibility index (Phi) is 5.57. The molecule has 0 bridgehead atoms. The fourth-order valence-corrected chi connectivity index (χ4v) is 4.81. The van der Waals surface area contributed by atoms with Crippen LogP contribution in [0.4, 0.5) is 5.69 Å². The van der Waals surface area contributed by atoms with Gasteiger partial charge in [0.15, 0.2) is 11.5 Å². The number of benzene rings is 2. The topological polar surface area (TPSA) is 93.0 Å². The Morgan fingerprint density at radius 2 is 1.82 bits per heavy atom. The standard InChI is InChI=1S/C27H32N2O5.H2/c1-26(2,3)24-11-18-10-20(5-6-21(18)29(24)13-17(14-30)15-31)28-25(32)27(8-9-27)19-4-7-22-23(12-19)34-16-33-22;/h4-7,10-12,17,30-31H,8-9,13-16H2,1-3H3,(H,28,32);1H. The quantitative estimate of drug-likeness (QED) is 0.486. The van der Waals surface area contributed by atoms with E-state index in [2.05, 4.69) is 36.7 Å². The molecule has 1 saturated carbocycles. The van der Waals surface area contributed by atoms with E-state index in [9.17, 15) is 15.0 Å². The summed E-state index contributed by atoms with van der Waals surface area (Å²) in [6.07, 6.45) is 1.60. The highest BCUT2D eigenvalue weighted by Gasteiger charge is 2.51. The third kappa shape index (κ3) is 3.93. The van der Waals surface area contributed by atoms with Crippen molar-refractivity contribution in [3.8, 4) is 11.5 Å². The van der Waals surface area contributed by atoms with Crippen molar-refractivity contribution in [3.63, 3.8) is 0 Å². The summed E-state index contributed by atoms with van der Waals surface area (Å²) in [7, 11) is 0. The predicted octanol–water partition coefficient (Wildman–Crippen LogP) is 4.18. The number of hydrogen-bond acceptors (Lipinski definition) is 5. The molecule has 0 spiro atoms. The van der Waals surface area contributed by atoms with Crippen LogP contribution in [0.3, 0.4) is 0 Å². The second-order valence-electron chi connectivity index (χ2n) is 10.5. The highest BCUT2D eigenvalue weighted by molar-refractivity contribution is 6.02. The van der Waals surface area contributed by atoms with Crippen molar-refractivity contribution in [2.45, 2.75) is 51.0 Å². The Balaban J connectivity index is 0.00000289. The molecule has 7 heteroatoms. The van der Waals surface area contributed by atoms with Crippen LogP contribution in [0.25, 0.3) is 10.9 Å². The van der Waals surface area contributed by atoms with Gasteiger partial charge in [-0.3, -0.25) is 4.79 Å². The number of nitrogens with zero attached hydrogens (tertiary/aromatic N) is 1. The average Bonchev–Trinajstić information content (AvgIpc) is 3.35. The van der Waals surface area contributed by atoms with E-state index in [1.807, 2.05) is 36.4 Å². The minimum atomic E-state index is -0.534. The van der Waals surface area contributed by atoms with Crippen LogP contribution in [0.15, 0.2) is 42.5 Å². The number of nitrogens with one attached hydrogen (secondary N) is 1. The number of aromatic nitrogens is 1. The number of anilines is 1. The number of amides is 1. The van der Waals surface area contributed by atoms with Crippen molar-refractivity contribution in [2.24, 2.45) is 5.92 Å². The molecule has 1 aliphatic heterocycles. The molecule has 1 fully saturated rings. The summed E-state index contributed by atoms with van der Waals surface area (Å²) in [5, 5.41) is 23.4. The molecule has 182 valence electrons. The largest absolute Gasteiger partial charge is 0.454 e. The van der Waals surface area contributed by atoms with Gasteiger partial charge in [0.2, 0.25) is 12.7 Å². The van der Waals surface area contributed by atoms with Crippen LogP contribution < -0.4 is 14.8 Å². The fraction of sp³-hybridized carbons (Fsp3) is 0.444. The highest BCUT2D eigenvalue weighted by Crippen LogP contribution is 2.51. The van der Waals surface area contributed by atoms with Crippen LogP contribution in [0, 0.1) is 5.92 Å². The van der Waals surface area contributed by atoms with E-state index in [1.165, 1.54) is 0 Å². The second kappa shape index (κ2) is 8.32. The molecule has 1 amide bonds. The zero-order valence-electron chi connectivity index (χ0n) is 19.9. The number of carbonyl (C=O) groups is 1. The van der Waals surface area contributed by atoms with Gasteiger partial charge in [-0.15, -0.1) is 0 Å². The maximum absolute atomic E-state index is 13.3. The van der Waals surface area contributed by atoms with Gasteiger partial charge in [-0.05, 0) is 54.8 Å². The smallest absolute Gasteiger partial charge is 0.235 e. The average molecular weight is 467 g/mol. The zero-order chi connectivity index (χ0) is 24.1. The lowest BCUT2D eigenvalue weighted by atomic mass is 9.91.